The van der Waals surface area contributed by atoms with Crippen LogP contribution in [0.2, 0.25) is 0 Å². The zero-order valence-corrected chi connectivity index (χ0v) is 17.5. The molecule has 1 aromatic rings. The first kappa shape index (κ1) is 23.5. The monoisotopic (exact) mass is 375 g/mol. The third-order valence-corrected chi connectivity index (χ3v) is 4.67. The third-order valence-electron chi connectivity index (χ3n) is 4.67. The molecule has 0 amide bonds. The van der Waals surface area contributed by atoms with Crippen LogP contribution in [-0.2, 0) is 0 Å². The van der Waals surface area contributed by atoms with Crippen LogP contribution < -0.4 is 10.2 Å². The van der Waals surface area contributed by atoms with Gasteiger partial charge in [0.05, 0.1) is 0 Å². The average Bonchev–Trinajstić information content (AvgIpc) is 2.50. The van der Waals surface area contributed by atoms with Crippen molar-refractivity contribution in [1.82, 2.24) is 10.2 Å². The van der Waals surface area contributed by atoms with E-state index in [0.717, 1.165) is 39.3 Å². The third kappa shape index (κ3) is 5.80. The molecular weight excluding hydrogens is 341 g/mol. The van der Waals surface area contributed by atoms with Crippen LogP contribution in [-0.4, -0.2) is 44.2 Å². The lowest BCUT2D eigenvalue weighted by atomic mass is 9.81. The Balaban J connectivity index is 0.00000264. The second kappa shape index (κ2) is 10.5. The lowest BCUT2D eigenvalue weighted by molar-refractivity contribution is 0.0862. The fourth-order valence-corrected chi connectivity index (χ4v) is 3.66. The van der Waals surface area contributed by atoms with Crippen LogP contribution >= 0.6 is 24.8 Å². The molecule has 24 heavy (non-hydrogen) atoms. The van der Waals surface area contributed by atoms with Gasteiger partial charge in [0.25, 0.3) is 0 Å². The zero-order valence-electron chi connectivity index (χ0n) is 15.8. The van der Waals surface area contributed by atoms with E-state index in [2.05, 4.69) is 74.0 Å². The highest BCUT2D eigenvalue weighted by Crippen LogP contribution is 2.38. The highest BCUT2D eigenvalue weighted by molar-refractivity contribution is 5.85. The van der Waals surface area contributed by atoms with Crippen molar-refractivity contribution < 1.29 is 0 Å². The topological polar surface area (TPSA) is 18.5 Å². The molecule has 0 bridgehead atoms. The van der Waals surface area contributed by atoms with Crippen LogP contribution in [0.1, 0.15) is 46.2 Å². The van der Waals surface area contributed by atoms with Gasteiger partial charge in [0.1, 0.15) is 0 Å². The Morgan fingerprint density at radius 2 is 1.50 bits per heavy atom. The maximum Gasteiger partial charge on any atom is 0.0397 e. The predicted molar refractivity (Wildman–Crippen MR) is 111 cm³/mol. The Kier molecular flexibility index (Phi) is 10.3. The van der Waals surface area contributed by atoms with Gasteiger partial charge in [0.2, 0.25) is 0 Å². The maximum absolute atomic E-state index is 3.46. The minimum absolute atomic E-state index is 0. The van der Waals surface area contributed by atoms with Gasteiger partial charge in [-0.2, -0.15) is 0 Å². The number of hydrogen-bond donors (Lipinski definition) is 1. The summed E-state index contributed by atoms with van der Waals surface area (Å²) in [6.07, 6.45) is 0. The molecular formula is C19H35Cl2N3. The number of halogens is 2. The largest absolute Gasteiger partial charge is 0.372 e. The molecule has 1 fully saturated rings. The first-order chi connectivity index (χ1) is 10.5. The number of nitrogens with zero attached hydrogens (tertiary/aromatic N) is 2. The molecule has 0 unspecified atom stereocenters. The van der Waals surface area contributed by atoms with Gasteiger partial charge in [-0.05, 0) is 37.0 Å². The highest BCUT2D eigenvalue weighted by atomic mass is 35.5. The molecule has 1 aliphatic rings. The van der Waals surface area contributed by atoms with E-state index < -0.39 is 0 Å². The number of nitrogens with one attached hydrogen (secondary N) is 1. The van der Waals surface area contributed by atoms with Crippen LogP contribution in [0.5, 0.6) is 0 Å². The summed E-state index contributed by atoms with van der Waals surface area (Å²) in [6, 6.07) is 9.75. The van der Waals surface area contributed by atoms with E-state index in [4.69, 9.17) is 0 Å². The number of hydrogen-bond acceptors (Lipinski definition) is 3. The molecule has 1 atom stereocenters. The van der Waals surface area contributed by atoms with Gasteiger partial charge in [-0.3, -0.25) is 4.90 Å². The molecule has 2 rings (SSSR count). The van der Waals surface area contributed by atoms with E-state index >= 15 is 0 Å². The van der Waals surface area contributed by atoms with Crippen molar-refractivity contribution in [3.8, 4) is 0 Å². The molecule has 0 saturated carbocycles. The van der Waals surface area contributed by atoms with Crippen molar-refractivity contribution in [1.29, 1.82) is 0 Å². The zero-order chi connectivity index (χ0) is 16.2. The van der Waals surface area contributed by atoms with Gasteiger partial charge >= 0.3 is 0 Å². The molecule has 1 aromatic carbocycles. The van der Waals surface area contributed by atoms with Gasteiger partial charge < -0.3 is 10.2 Å². The molecule has 0 aromatic heterocycles. The van der Waals surface area contributed by atoms with E-state index in [-0.39, 0.29) is 30.2 Å². The number of rotatable bonds is 5. The summed E-state index contributed by atoms with van der Waals surface area (Å²) in [7, 11) is 0. The molecule has 3 nitrogen and oxygen atoms in total. The summed E-state index contributed by atoms with van der Waals surface area (Å²) in [5.41, 5.74) is 3.03. The minimum atomic E-state index is 0. The molecule has 1 aliphatic heterocycles. The second-order valence-electron chi connectivity index (χ2n) is 7.32. The minimum Gasteiger partial charge on any atom is -0.372 e. The average molecular weight is 376 g/mol. The van der Waals surface area contributed by atoms with Gasteiger partial charge in [0, 0.05) is 51.0 Å². The fraction of sp³-hybridized carbons (Fsp3) is 0.684. The molecule has 0 radical (unpaired) electrons. The van der Waals surface area contributed by atoms with Crippen LogP contribution in [0.15, 0.2) is 24.3 Å². The van der Waals surface area contributed by atoms with Gasteiger partial charge in [-0.15, -0.1) is 24.8 Å². The summed E-state index contributed by atoms with van der Waals surface area (Å²) in [4.78, 5) is 5.05. The Labute approximate surface area is 161 Å². The van der Waals surface area contributed by atoms with Gasteiger partial charge in [0.15, 0.2) is 0 Å². The Bertz CT molecular complexity index is 447. The molecule has 140 valence electrons. The van der Waals surface area contributed by atoms with Crippen molar-refractivity contribution in [2.45, 2.75) is 40.7 Å². The number of piperazine rings is 1. The number of anilines is 1. The molecule has 0 spiro atoms. The summed E-state index contributed by atoms with van der Waals surface area (Å²) < 4.78 is 0. The molecule has 5 heteroatoms. The first-order valence-electron chi connectivity index (χ1n) is 8.77. The molecule has 0 aliphatic carbocycles. The van der Waals surface area contributed by atoms with Crippen molar-refractivity contribution in [2.24, 2.45) is 5.41 Å². The quantitative estimate of drug-likeness (QED) is 0.823. The summed E-state index contributed by atoms with van der Waals surface area (Å²) in [6.45, 7) is 18.1. The molecule has 1 heterocycles. The predicted octanol–water partition coefficient (Wildman–Crippen LogP) is 4.37. The van der Waals surface area contributed by atoms with Crippen LogP contribution in [0, 0.1) is 5.41 Å². The molecule has 1 N–H and O–H groups in total. The SMILES string of the molecule is CCN(CC)c1ccc([C@H](N2CCNCC2)C(C)(C)C)cc1.Cl.Cl. The summed E-state index contributed by atoms with van der Waals surface area (Å²) >= 11 is 0. The summed E-state index contributed by atoms with van der Waals surface area (Å²) in [5.74, 6) is 0. The van der Waals surface area contributed by atoms with Crippen molar-refractivity contribution >= 4 is 30.5 Å². The standard InChI is InChI=1S/C19H33N3.2ClH/c1-6-21(7-2)17-10-8-16(9-11-17)18(19(3,4)5)22-14-12-20-13-15-22;;/h8-11,18,20H,6-7,12-15H2,1-5H3;2*1H/t18-;;/m0../s1. The normalized spacial score (nSPS) is 16.7. The Morgan fingerprint density at radius 1 is 1.00 bits per heavy atom. The van der Waals surface area contributed by atoms with E-state index in [1.807, 2.05) is 0 Å². The van der Waals surface area contributed by atoms with Crippen LogP contribution in [0.4, 0.5) is 5.69 Å². The van der Waals surface area contributed by atoms with Crippen molar-refractivity contribution in [2.75, 3.05) is 44.2 Å². The van der Waals surface area contributed by atoms with Crippen molar-refractivity contribution in [3.05, 3.63) is 29.8 Å². The van der Waals surface area contributed by atoms with Crippen LogP contribution in [0.25, 0.3) is 0 Å². The smallest absolute Gasteiger partial charge is 0.0397 e. The highest BCUT2D eigenvalue weighted by Gasteiger charge is 2.32. The fourth-order valence-electron chi connectivity index (χ4n) is 3.66. The Hall–Kier alpha value is -0.480. The Morgan fingerprint density at radius 3 is 1.92 bits per heavy atom. The van der Waals surface area contributed by atoms with E-state index in [0.29, 0.717) is 6.04 Å². The van der Waals surface area contributed by atoms with E-state index in [1.54, 1.807) is 0 Å². The van der Waals surface area contributed by atoms with Gasteiger partial charge in [-0.25, -0.2) is 0 Å². The summed E-state index contributed by atoms with van der Waals surface area (Å²) in [5, 5.41) is 3.46. The lowest BCUT2D eigenvalue weighted by Crippen LogP contribution is -2.48. The molecule has 1 saturated heterocycles. The number of benzene rings is 1. The lowest BCUT2D eigenvalue weighted by Gasteiger charge is -2.42. The van der Waals surface area contributed by atoms with E-state index in [9.17, 15) is 0 Å². The van der Waals surface area contributed by atoms with Gasteiger partial charge in [-0.1, -0.05) is 32.9 Å². The van der Waals surface area contributed by atoms with E-state index in [1.165, 1.54) is 11.3 Å². The van der Waals surface area contributed by atoms with Crippen LogP contribution in [0.3, 0.4) is 0 Å². The maximum atomic E-state index is 3.46. The first-order valence-corrected chi connectivity index (χ1v) is 8.77. The second-order valence-corrected chi connectivity index (χ2v) is 7.32. The van der Waals surface area contributed by atoms with Crippen molar-refractivity contribution in [3.63, 3.8) is 0 Å².